The first-order valence-corrected chi connectivity index (χ1v) is 15.2. The predicted molar refractivity (Wildman–Crippen MR) is 142 cm³/mol. The van der Waals surface area contributed by atoms with Crippen molar-refractivity contribution >= 4 is 45.3 Å². The van der Waals surface area contributed by atoms with Crippen LogP contribution in [0.3, 0.4) is 0 Å². The third kappa shape index (κ3) is 6.71. The Bertz CT molecular complexity index is 1000. The van der Waals surface area contributed by atoms with E-state index in [1.807, 2.05) is 0 Å². The highest BCUT2D eigenvalue weighted by molar-refractivity contribution is 8.76. The lowest BCUT2D eigenvalue weighted by Crippen LogP contribution is -2.54. The lowest BCUT2D eigenvalue weighted by molar-refractivity contribution is -0.143. The number of nitrogens with one attached hydrogen (secondary N) is 4. The van der Waals surface area contributed by atoms with Gasteiger partial charge in [-0.2, -0.15) is 0 Å². The van der Waals surface area contributed by atoms with E-state index in [9.17, 15) is 29.4 Å². The van der Waals surface area contributed by atoms with E-state index in [1.165, 1.54) is 21.6 Å². The minimum atomic E-state index is -1.09. The predicted octanol–water partition coefficient (Wildman–Crippen LogP) is 1.35. The number of aliphatic carboxylic acids is 1. The van der Waals surface area contributed by atoms with Crippen LogP contribution < -0.4 is 21.3 Å². The number of hydrogen-bond acceptors (Lipinski definition) is 8. The summed E-state index contributed by atoms with van der Waals surface area (Å²) in [5.41, 5.74) is 0.252. The lowest BCUT2D eigenvalue weighted by atomic mass is 9.81. The van der Waals surface area contributed by atoms with E-state index in [1.54, 1.807) is 24.3 Å². The molecule has 3 amide bonds. The Hall–Kier alpha value is -2.44. The van der Waals surface area contributed by atoms with Crippen LogP contribution in [-0.2, 0) is 19.2 Å². The van der Waals surface area contributed by atoms with Crippen molar-refractivity contribution in [2.75, 3.05) is 24.6 Å². The molecular weight excluding hydrogens is 516 g/mol. The molecule has 12 heteroatoms. The molecule has 3 aliphatic rings. The number of phenolic OH excluding ortho intramolecular Hbond substituents is 1. The summed E-state index contributed by atoms with van der Waals surface area (Å²) in [4.78, 5) is 51.3. The van der Waals surface area contributed by atoms with Crippen LogP contribution in [0.15, 0.2) is 24.3 Å². The van der Waals surface area contributed by atoms with Gasteiger partial charge in [-0.3, -0.25) is 14.4 Å². The van der Waals surface area contributed by atoms with Gasteiger partial charge in [0.15, 0.2) is 0 Å². The Morgan fingerprint density at radius 3 is 2.41 bits per heavy atom. The zero-order chi connectivity index (χ0) is 26.4. The maximum atomic E-state index is 13.3. The van der Waals surface area contributed by atoms with Crippen LogP contribution in [0.4, 0.5) is 0 Å². The van der Waals surface area contributed by atoms with Gasteiger partial charge in [0, 0.05) is 24.0 Å². The third-order valence-electron chi connectivity index (χ3n) is 7.56. The molecule has 2 unspecified atom stereocenters. The molecule has 4 atom stereocenters. The quantitative estimate of drug-likeness (QED) is 0.305. The van der Waals surface area contributed by atoms with E-state index in [0.717, 1.165) is 24.8 Å². The molecule has 10 nitrogen and oxygen atoms in total. The molecule has 4 rings (SSSR count). The van der Waals surface area contributed by atoms with Gasteiger partial charge in [0.1, 0.15) is 17.8 Å². The van der Waals surface area contributed by atoms with Gasteiger partial charge in [-0.15, -0.1) is 0 Å². The van der Waals surface area contributed by atoms with Gasteiger partial charge in [-0.05, 0) is 49.9 Å². The molecule has 202 valence electrons. The molecule has 1 saturated carbocycles. The number of rotatable bonds is 4. The van der Waals surface area contributed by atoms with Crippen molar-refractivity contribution in [2.45, 2.75) is 62.6 Å². The fourth-order valence-corrected chi connectivity index (χ4v) is 7.73. The van der Waals surface area contributed by atoms with E-state index in [2.05, 4.69) is 21.3 Å². The first-order chi connectivity index (χ1) is 17.8. The molecule has 0 radical (unpaired) electrons. The number of carboxylic acid groups (broad SMARTS) is 1. The Balaban J connectivity index is 1.45. The normalized spacial score (nSPS) is 28.9. The van der Waals surface area contributed by atoms with E-state index in [0.29, 0.717) is 25.8 Å². The van der Waals surface area contributed by atoms with Crippen LogP contribution in [0.5, 0.6) is 5.75 Å². The van der Waals surface area contributed by atoms with Crippen molar-refractivity contribution in [1.29, 1.82) is 0 Å². The zero-order valence-electron chi connectivity index (χ0n) is 20.5. The average Bonchev–Trinajstić information content (AvgIpc) is 3.55. The second kappa shape index (κ2) is 12.4. The Labute approximate surface area is 223 Å². The Kier molecular flexibility index (Phi) is 9.25. The molecule has 37 heavy (non-hydrogen) atoms. The maximum Gasteiger partial charge on any atom is 0.327 e. The topological polar surface area (TPSA) is 157 Å². The summed E-state index contributed by atoms with van der Waals surface area (Å²) >= 11 is 0. The summed E-state index contributed by atoms with van der Waals surface area (Å²) in [5, 5.41) is 31.0. The Morgan fingerprint density at radius 2 is 1.70 bits per heavy atom. The van der Waals surface area contributed by atoms with Crippen LogP contribution in [0.25, 0.3) is 0 Å². The second-order valence-corrected chi connectivity index (χ2v) is 12.5. The highest BCUT2D eigenvalue weighted by Crippen LogP contribution is 2.41. The van der Waals surface area contributed by atoms with E-state index in [4.69, 9.17) is 0 Å². The molecule has 2 aliphatic heterocycles. The summed E-state index contributed by atoms with van der Waals surface area (Å²) in [6.07, 6.45) is 4.27. The molecule has 0 bridgehead atoms. The van der Waals surface area contributed by atoms with Crippen molar-refractivity contribution in [2.24, 2.45) is 5.41 Å². The maximum absolute atomic E-state index is 13.3. The number of benzene rings is 1. The van der Waals surface area contributed by atoms with Gasteiger partial charge in [-0.1, -0.05) is 46.6 Å². The average molecular weight is 551 g/mol. The van der Waals surface area contributed by atoms with E-state index >= 15 is 0 Å². The van der Waals surface area contributed by atoms with Crippen LogP contribution in [0.2, 0.25) is 0 Å². The number of carbonyl (C=O) groups is 4. The second-order valence-electron chi connectivity index (χ2n) is 9.94. The largest absolute Gasteiger partial charge is 0.508 e. The summed E-state index contributed by atoms with van der Waals surface area (Å²) in [7, 11) is 2.55. The molecule has 1 aromatic carbocycles. The number of carboxylic acids is 1. The van der Waals surface area contributed by atoms with Crippen LogP contribution in [0.1, 0.15) is 50.0 Å². The molecule has 6 N–H and O–H groups in total. The lowest BCUT2D eigenvalue weighted by Gasteiger charge is -2.29. The number of amides is 3. The first kappa shape index (κ1) is 27.6. The fourth-order valence-electron chi connectivity index (χ4n) is 5.41. The molecule has 1 aromatic rings. The van der Waals surface area contributed by atoms with Crippen LogP contribution in [-0.4, -0.2) is 76.6 Å². The van der Waals surface area contributed by atoms with Gasteiger partial charge in [0.05, 0.1) is 11.5 Å². The smallest absolute Gasteiger partial charge is 0.327 e. The molecule has 1 spiro atoms. The summed E-state index contributed by atoms with van der Waals surface area (Å²) in [6.45, 7) is 0.927. The van der Waals surface area contributed by atoms with Gasteiger partial charge < -0.3 is 31.5 Å². The molecule has 1 aliphatic carbocycles. The SMILES string of the molecule is O=C(O)C1CSSCC(NC(=O)[C@H]2NCC[C@@H]2c2ccc(O)cc2)C(=O)NCCC2(CCCC2)C(=O)N1. The summed E-state index contributed by atoms with van der Waals surface area (Å²) in [5.74, 6) is -1.46. The fraction of sp³-hybridized carbons (Fsp3) is 0.600. The highest BCUT2D eigenvalue weighted by atomic mass is 33.1. The standard InChI is InChI=1S/C25H34N4O6S2/c30-16-5-3-15(4-6-16)17-7-11-26-20(17)22(32)28-18-13-36-37-14-19(23(33)34)29-24(35)25(8-1-2-9-25)10-12-27-21(18)31/h3-6,17-20,26,30H,1-2,7-14H2,(H,27,31)(H,28,32)(H,29,35)(H,33,34)/t17-,18?,19?,20+/m1/s1. The molecule has 2 heterocycles. The van der Waals surface area contributed by atoms with Crippen molar-refractivity contribution in [3.63, 3.8) is 0 Å². The minimum Gasteiger partial charge on any atom is -0.508 e. The number of phenols is 1. The van der Waals surface area contributed by atoms with Crippen molar-refractivity contribution in [3.8, 4) is 5.75 Å². The van der Waals surface area contributed by atoms with E-state index < -0.39 is 29.5 Å². The summed E-state index contributed by atoms with van der Waals surface area (Å²) in [6, 6.07) is 4.46. The molecule has 2 saturated heterocycles. The van der Waals surface area contributed by atoms with Crippen LogP contribution in [0, 0.1) is 5.41 Å². The monoisotopic (exact) mass is 550 g/mol. The molecule has 0 aromatic heterocycles. The zero-order valence-corrected chi connectivity index (χ0v) is 22.2. The number of hydrogen-bond donors (Lipinski definition) is 6. The number of aromatic hydroxyl groups is 1. The first-order valence-electron chi connectivity index (χ1n) is 12.7. The number of carbonyl (C=O) groups excluding carboxylic acids is 3. The van der Waals surface area contributed by atoms with Gasteiger partial charge >= 0.3 is 5.97 Å². The molecular formula is C25H34N4O6S2. The van der Waals surface area contributed by atoms with Crippen molar-refractivity contribution < 1.29 is 29.4 Å². The Morgan fingerprint density at radius 1 is 1.00 bits per heavy atom. The van der Waals surface area contributed by atoms with Crippen molar-refractivity contribution in [3.05, 3.63) is 29.8 Å². The van der Waals surface area contributed by atoms with Gasteiger partial charge in [-0.25, -0.2) is 4.79 Å². The van der Waals surface area contributed by atoms with Crippen molar-refractivity contribution in [1.82, 2.24) is 21.3 Å². The van der Waals surface area contributed by atoms with Gasteiger partial charge in [0.2, 0.25) is 17.7 Å². The summed E-state index contributed by atoms with van der Waals surface area (Å²) < 4.78 is 0. The molecule has 3 fully saturated rings. The minimum absolute atomic E-state index is 0.0870. The third-order valence-corrected chi connectivity index (χ3v) is 9.98. The van der Waals surface area contributed by atoms with Crippen LogP contribution >= 0.6 is 21.6 Å². The van der Waals surface area contributed by atoms with E-state index in [-0.39, 0.29) is 47.4 Å². The van der Waals surface area contributed by atoms with Gasteiger partial charge in [0.25, 0.3) is 0 Å². The highest BCUT2D eigenvalue weighted by Gasteiger charge is 2.42.